The number of carbonyl (C=O) groups is 2. The number of alkyl halides is 2. The van der Waals surface area contributed by atoms with Crippen LogP contribution in [0.3, 0.4) is 0 Å². The number of amides is 2. The van der Waals surface area contributed by atoms with Gasteiger partial charge in [0, 0.05) is 62.2 Å². The first-order chi connectivity index (χ1) is 26.8. The summed E-state index contributed by atoms with van der Waals surface area (Å²) >= 11 is 6.49. The summed E-state index contributed by atoms with van der Waals surface area (Å²) in [5, 5.41) is 17.6. The highest BCUT2D eigenvalue weighted by Gasteiger charge is 2.51. The molecule has 9 rings (SSSR count). The smallest absolute Gasteiger partial charge is 0.301 e. The average molecular weight is 791 g/mol. The van der Waals surface area contributed by atoms with E-state index in [0.717, 1.165) is 42.5 Å². The van der Waals surface area contributed by atoms with E-state index in [0.29, 0.717) is 30.3 Å². The highest BCUT2D eigenvalue weighted by atomic mass is 35.5. The number of hydrogen-bond acceptors (Lipinski definition) is 11. The lowest BCUT2D eigenvalue weighted by Gasteiger charge is -2.34. The van der Waals surface area contributed by atoms with Crippen LogP contribution in [0.4, 0.5) is 42.0 Å². The second-order valence-electron chi connectivity index (χ2n) is 15.1. The highest BCUT2D eigenvalue weighted by molar-refractivity contribution is 6.33. The number of aromatic nitrogens is 5. The molecule has 2 atom stereocenters. The van der Waals surface area contributed by atoms with Gasteiger partial charge in [-0.25, -0.2) is 18.2 Å². The minimum Gasteiger partial charge on any atom is -0.480 e. The van der Waals surface area contributed by atoms with Crippen LogP contribution in [0, 0.1) is 11.7 Å². The molecule has 292 valence electrons. The van der Waals surface area contributed by atoms with Gasteiger partial charge in [-0.3, -0.25) is 24.4 Å². The number of rotatable bonds is 7. The SMILES string of the molecule is Cn1nc(C2CCC(=O)NC2=O)c2ccc(N3CCC(Nc4ncc(Cl)c(Nc5cc6c7c(c(=O)n(C)c6cc5F)OCC(F)(F)C(C5CC5)N7)n4)CC3)cc21. The Morgan fingerprint density at radius 3 is 2.54 bits per heavy atom. The number of carbonyl (C=O) groups excluding carboxylic acids is 2. The Labute approximate surface area is 322 Å². The van der Waals surface area contributed by atoms with Crippen LogP contribution < -0.4 is 36.5 Å². The molecule has 1 saturated carbocycles. The molecule has 0 bridgehead atoms. The number of fused-ring (bicyclic) bond motifs is 4. The van der Waals surface area contributed by atoms with Crippen molar-refractivity contribution < 1.29 is 27.5 Å². The fourth-order valence-corrected chi connectivity index (χ4v) is 8.25. The standard InChI is InChI=1S/C38H38ClF3N10O4/c1-50-27-15-25(40)26(14-23(27)31-32(36(50)55)56-17-38(41,42)33(47-31)18-3-4-18)45-34-24(39)16-43-37(48-34)44-19-9-11-52(12-10-19)20-5-6-21-28(13-20)51(2)49-30(21)22-7-8-29(53)46-35(22)54/h5-6,13-16,18-19,22,33,47H,3-4,7-12,17H2,1-2H3,(H,46,53,54)(H2,43,44,45,48). The van der Waals surface area contributed by atoms with E-state index in [2.05, 4.69) is 47.3 Å². The van der Waals surface area contributed by atoms with Crippen LogP contribution in [0.15, 0.2) is 41.3 Å². The summed E-state index contributed by atoms with van der Waals surface area (Å²) in [6, 6.07) is 7.48. The number of aryl methyl sites for hydroxylation is 2. The molecule has 1 aliphatic carbocycles. The molecule has 5 aromatic rings. The van der Waals surface area contributed by atoms with Gasteiger partial charge >= 0.3 is 5.92 Å². The van der Waals surface area contributed by atoms with Gasteiger partial charge in [0.05, 0.1) is 46.3 Å². The number of piperidine rings is 2. The molecule has 6 heterocycles. The van der Waals surface area contributed by atoms with E-state index < -0.39 is 35.9 Å². The molecular formula is C38H38ClF3N10O4. The van der Waals surface area contributed by atoms with Crippen molar-refractivity contribution in [2.24, 2.45) is 20.0 Å². The summed E-state index contributed by atoms with van der Waals surface area (Å²) < 4.78 is 54.3. The number of anilines is 5. The van der Waals surface area contributed by atoms with Gasteiger partial charge in [-0.15, -0.1) is 0 Å². The van der Waals surface area contributed by atoms with Crippen molar-refractivity contribution >= 4 is 74.0 Å². The molecule has 0 radical (unpaired) electrons. The zero-order valence-electron chi connectivity index (χ0n) is 30.5. The molecule has 4 aliphatic rings. The van der Waals surface area contributed by atoms with Gasteiger partial charge in [-0.2, -0.15) is 10.1 Å². The Kier molecular flexibility index (Phi) is 8.74. The molecule has 18 heteroatoms. The fraction of sp³-hybridized carbons (Fsp3) is 0.421. The quantitative estimate of drug-likeness (QED) is 0.153. The fourth-order valence-electron chi connectivity index (χ4n) is 8.11. The molecule has 4 N–H and O–H groups in total. The van der Waals surface area contributed by atoms with E-state index in [1.165, 1.54) is 29.9 Å². The molecular weight excluding hydrogens is 753 g/mol. The number of benzene rings is 2. The van der Waals surface area contributed by atoms with Crippen molar-refractivity contribution in [2.45, 2.75) is 62.4 Å². The lowest BCUT2D eigenvalue weighted by atomic mass is 9.92. The van der Waals surface area contributed by atoms with Crippen LogP contribution in [0.25, 0.3) is 21.8 Å². The zero-order valence-corrected chi connectivity index (χ0v) is 31.2. The van der Waals surface area contributed by atoms with Crippen molar-refractivity contribution in [3.63, 3.8) is 0 Å². The third kappa shape index (κ3) is 6.40. The second kappa shape index (κ2) is 13.6. The van der Waals surface area contributed by atoms with Crippen LogP contribution in [0.1, 0.15) is 50.1 Å². The maximum Gasteiger partial charge on any atom is 0.301 e. The van der Waals surface area contributed by atoms with Crippen molar-refractivity contribution in [1.82, 2.24) is 29.6 Å². The van der Waals surface area contributed by atoms with E-state index in [4.69, 9.17) is 16.3 Å². The molecule has 14 nitrogen and oxygen atoms in total. The van der Waals surface area contributed by atoms with Crippen molar-refractivity contribution in [3.05, 3.63) is 63.4 Å². The number of hydrogen-bond donors (Lipinski definition) is 4. The van der Waals surface area contributed by atoms with Gasteiger partial charge in [-0.1, -0.05) is 11.6 Å². The van der Waals surface area contributed by atoms with E-state index in [1.807, 2.05) is 19.2 Å². The summed E-state index contributed by atoms with van der Waals surface area (Å²) in [5.41, 5.74) is 2.21. The topological polar surface area (TPSA) is 160 Å². The Hall–Kier alpha value is -5.58. The van der Waals surface area contributed by atoms with Crippen LogP contribution in [-0.4, -0.2) is 73.8 Å². The number of nitrogens with one attached hydrogen (secondary N) is 4. The number of imide groups is 1. The van der Waals surface area contributed by atoms with Gasteiger partial charge < -0.3 is 30.2 Å². The first-order valence-electron chi connectivity index (χ1n) is 18.6. The predicted molar refractivity (Wildman–Crippen MR) is 205 cm³/mol. The summed E-state index contributed by atoms with van der Waals surface area (Å²) in [6.07, 6.45) is 4.91. The third-order valence-electron chi connectivity index (χ3n) is 11.3. The first-order valence-corrected chi connectivity index (χ1v) is 19.0. The number of nitrogens with zero attached hydrogens (tertiary/aromatic N) is 6. The number of pyridine rings is 1. The van der Waals surface area contributed by atoms with Crippen molar-refractivity contribution in [1.29, 1.82) is 0 Å². The van der Waals surface area contributed by atoms with Crippen molar-refractivity contribution in [2.75, 3.05) is 40.5 Å². The van der Waals surface area contributed by atoms with Gasteiger partial charge in [0.15, 0.2) is 12.4 Å². The maximum absolute atomic E-state index is 15.7. The normalized spacial score (nSPS) is 21.3. The minimum atomic E-state index is -3.22. The lowest BCUT2D eigenvalue weighted by Crippen LogP contribution is -2.44. The molecule has 2 unspecified atom stereocenters. The van der Waals surface area contributed by atoms with E-state index in [-0.39, 0.29) is 69.6 Å². The largest absolute Gasteiger partial charge is 0.480 e. The lowest BCUT2D eigenvalue weighted by molar-refractivity contribution is -0.134. The molecule has 3 aliphatic heterocycles. The molecule has 3 fully saturated rings. The van der Waals surface area contributed by atoms with Gasteiger partial charge in [0.1, 0.15) is 10.8 Å². The van der Waals surface area contributed by atoms with Crippen molar-refractivity contribution in [3.8, 4) is 5.75 Å². The van der Waals surface area contributed by atoms with Gasteiger partial charge in [-0.05, 0) is 62.3 Å². The van der Waals surface area contributed by atoms with E-state index >= 15 is 13.2 Å². The minimum absolute atomic E-state index is 0.0256. The third-order valence-corrected chi connectivity index (χ3v) is 11.6. The summed E-state index contributed by atoms with van der Waals surface area (Å²) in [5.74, 6) is -5.07. The Bertz CT molecular complexity index is 2500. The van der Waals surface area contributed by atoms with E-state index in [1.54, 1.807) is 4.68 Å². The highest BCUT2D eigenvalue weighted by Crippen LogP contribution is 2.46. The first kappa shape index (κ1) is 36.1. The zero-order chi connectivity index (χ0) is 39.0. The monoisotopic (exact) mass is 790 g/mol. The van der Waals surface area contributed by atoms with Crippen LogP contribution in [0.2, 0.25) is 5.02 Å². The Morgan fingerprint density at radius 2 is 1.79 bits per heavy atom. The second-order valence-corrected chi connectivity index (χ2v) is 15.5. The number of ether oxygens (including phenoxy) is 1. The van der Waals surface area contributed by atoms with E-state index in [9.17, 15) is 14.4 Å². The number of halogens is 4. The van der Waals surface area contributed by atoms with Crippen LogP contribution >= 0.6 is 11.6 Å². The predicted octanol–water partition coefficient (Wildman–Crippen LogP) is 5.57. The summed E-state index contributed by atoms with van der Waals surface area (Å²) in [6.45, 7) is 0.531. The van der Waals surface area contributed by atoms with Gasteiger partial charge in [0.2, 0.25) is 23.5 Å². The molecule has 56 heavy (non-hydrogen) atoms. The molecule has 2 saturated heterocycles. The maximum atomic E-state index is 15.7. The van der Waals surface area contributed by atoms with Crippen LogP contribution in [0.5, 0.6) is 5.75 Å². The van der Waals surface area contributed by atoms with Gasteiger partial charge in [0.25, 0.3) is 5.56 Å². The molecule has 2 aromatic carbocycles. The average Bonchev–Trinajstić information content (AvgIpc) is 3.98. The summed E-state index contributed by atoms with van der Waals surface area (Å²) in [4.78, 5) is 48.6. The molecule has 2 amide bonds. The summed E-state index contributed by atoms with van der Waals surface area (Å²) in [7, 11) is 3.28. The Balaban J connectivity index is 0.909. The Morgan fingerprint density at radius 1 is 1.00 bits per heavy atom. The molecule has 3 aromatic heterocycles. The van der Waals surface area contributed by atoms with Crippen LogP contribution in [-0.2, 0) is 23.7 Å². The molecule has 0 spiro atoms.